The molecule has 4 rings (SSSR count). The second kappa shape index (κ2) is 14.6. The number of rotatable bonds is 6. The number of carbonyl (C=O) groups excluding carboxylic acids is 2. The number of amides is 2. The van der Waals surface area contributed by atoms with Crippen LogP contribution in [-0.4, -0.2) is 34.1 Å². The van der Waals surface area contributed by atoms with Gasteiger partial charge in [-0.3, -0.25) is 31.3 Å². The summed E-state index contributed by atoms with van der Waals surface area (Å²) in [5.74, 6) is -0.608. The van der Waals surface area contributed by atoms with E-state index in [4.69, 9.17) is 24.4 Å². The smallest absolute Gasteiger partial charge is 0.271 e. The predicted molar refractivity (Wildman–Crippen MR) is 163 cm³/mol. The molecule has 2 aliphatic rings. The van der Waals surface area contributed by atoms with E-state index >= 15 is 0 Å². The largest absolute Gasteiger partial charge is 0.359 e. The van der Waals surface area contributed by atoms with Gasteiger partial charge in [0.2, 0.25) is 0 Å². The van der Waals surface area contributed by atoms with Gasteiger partial charge in [0, 0.05) is 23.3 Å². The zero-order valence-electron chi connectivity index (χ0n) is 22.0. The van der Waals surface area contributed by atoms with Crippen molar-refractivity contribution in [2.24, 2.45) is 0 Å². The van der Waals surface area contributed by atoms with Crippen LogP contribution in [0, 0.1) is 0 Å². The molecular formula is C28H37N7O2S2. The van der Waals surface area contributed by atoms with Gasteiger partial charge in [0.05, 0.1) is 11.3 Å². The molecule has 2 fully saturated rings. The first kappa shape index (κ1) is 28.6. The number of carbonyl (C=O) groups is 2. The fourth-order valence-corrected chi connectivity index (χ4v) is 5.39. The molecule has 0 aromatic heterocycles. The molecule has 9 nitrogen and oxygen atoms in total. The fourth-order valence-electron chi connectivity index (χ4n) is 4.95. The Balaban J connectivity index is 1.25. The zero-order chi connectivity index (χ0) is 27.5. The summed E-state index contributed by atoms with van der Waals surface area (Å²) < 4.78 is 0. The van der Waals surface area contributed by atoms with Crippen LogP contribution in [0.2, 0.25) is 0 Å². The van der Waals surface area contributed by atoms with Crippen molar-refractivity contribution in [3.63, 3.8) is 0 Å². The monoisotopic (exact) mass is 567 g/mol. The lowest BCUT2D eigenvalue weighted by molar-refractivity contribution is 0.0936. The molecule has 2 aliphatic carbocycles. The first-order valence-electron chi connectivity index (χ1n) is 13.7. The molecule has 11 heteroatoms. The van der Waals surface area contributed by atoms with Gasteiger partial charge in [-0.25, -0.2) is 0 Å². The Bertz CT molecular complexity index is 1150. The van der Waals surface area contributed by atoms with Gasteiger partial charge in [-0.15, -0.1) is 0 Å². The van der Waals surface area contributed by atoms with Crippen LogP contribution in [0.1, 0.15) is 84.9 Å². The van der Waals surface area contributed by atoms with Gasteiger partial charge in [0.15, 0.2) is 10.2 Å². The summed E-state index contributed by atoms with van der Waals surface area (Å²) in [5.41, 5.74) is 13.2. The van der Waals surface area contributed by atoms with Gasteiger partial charge in [-0.1, -0.05) is 50.7 Å². The minimum absolute atomic E-state index is 0.294. The quantitative estimate of drug-likeness (QED) is 0.202. The highest BCUT2D eigenvalue weighted by molar-refractivity contribution is 7.80. The van der Waals surface area contributed by atoms with Crippen molar-refractivity contribution in [3.05, 3.63) is 59.7 Å². The van der Waals surface area contributed by atoms with Crippen LogP contribution in [0.4, 0.5) is 11.4 Å². The molecule has 2 amide bonds. The van der Waals surface area contributed by atoms with Gasteiger partial charge >= 0.3 is 0 Å². The van der Waals surface area contributed by atoms with E-state index in [1.54, 1.807) is 36.4 Å². The minimum atomic E-state index is -0.314. The second-order valence-electron chi connectivity index (χ2n) is 10.0. The summed E-state index contributed by atoms with van der Waals surface area (Å²) in [5, 5.41) is 10.6. The highest BCUT2D eigenvalue weighted by atomic mass is 32.1. The average Bonchev–Trinajstić information content (AvgIpc) is 2.96. The maximum absolute atomic E-state index is 12.9. The van der Waals surface area contributed by atoms with Crippen molar-refractivity contribution >= 4 is 57.8 Å². The molecule has 7 N–H and O–H groups in total. The number of thiocarbonyl (C=S) groups is 2. The summed E-state index contributed by atoms with van der Waals surface area (Å²) in [6.45, 7) is 0. The van der Waals surface area contributed by atoms with E-state index in [-0.39, 0.29) is 11.8 Å². The van der Waals surface area contributed by atoms with Gasteiger partial charge < -0.3 is 16.0 Å². The third-order valence-corrected chi connectivity index (χ3v) is 7.50. The first-order valence-corrected chi connectivity index (χ1v) is 14.5. The van der Waals surface area contributed by atoms with Crippen LogP contribution in [0.25, 0.3) is 0 Å². The summed E-state index contributed by atoms with van der Waals surface area (Å²) in [7, 11) is 0. The van der Waals surface area contributed by atoms with Crippen LogP contribution < -0.4 is 37.7 Å². The number of nitrogens with one attached hydrogen (secondary N) is 7. The molecule has 2 aromatic carbocycles. The van der Waals surface area contributed by atoms with Crippen LogP contribution in [0.15, 0.2) is 48.5 Å². The van der Waals surface area contributed by atoms with Crippen molar-refractivity contribution in [2.45, 2.75) is 76.3 Å². The molecule has 0 heterocycles. The summed E-state index contributed by atoms with van der Waals surface area (Å²) in [4.78, 5) is 25.4. The van der Waals surface area contributed by atoms with Crippen LogP contribution in [0.3, 0.4) is 0 Å². The van der Waals surface area contributed by atoms with E-state index in [2.05, 4.69) is 37.7 Å². The molecule has 0 atom stereocenters. The van der Waals surface area contributed by atoms with Crippen molar-refractivity contribution in [3.8, 4) is 0 Å². The molecule has 0 spiro atoms. The number of anilines is 2. The van der Waals surface area contributed by atoms with Gasteiger partial charge in [0.1, 0.15) is 0 Å². The lowest BCUT2D eigenvalue weighted by Gasteiger charge is -2.24. The van der Waals surface area contributed by atoms with Gasteiger partial charge in [-0.2, -0.15) is 0 Å². The molecular weight excluding hydrogens is 530 g/mol. The molecule has 0 unspecified atom stereocenters. The van der Waals surface area contributed by atoms with Crippen LogP contribution >= 0.6 is 24.4 Å². The van der Waals surface area contributed by atoms with Crippen molar-refractivity contribution in [1.82, 2.24) is 32.3 Å². The SMILES string of the molecule is O=C(NNC(=S)NC1CCCCC1)c1ccc(Nc2ccccc2C(=O)NNC(=S)NC2CCCCC2)cc1. The maximum Gasteiger partial charge on any atom is 0.271 e. The molecule has 39 heavy (non-hydrogen) atoms. The van der Waals surface area contributed by atoms with Gasteiger partial charge in [-0.05, 0) is 86.5 Å². The van der Waals surface area contributed by atoms with Crippen LogP contribution in [0.5, 0.6) is 0 Å². The Labute approximate surface area is 240 Å². The molecule has 2 saturated carbocycles. The Morgan fingerprint density at radius 3 is 1.69 bits per heavy atom. The predicted octanol–water partition coefficient (Wildman–Crippen LogP) is 4.31. The summed E-state index contributed by atoms with van der Waals surface area (Å²) >= 11 is 10.6. The molecule has 208 valence electrons. The molecule has 0 radical (unpaired) electrons. The fraction of sp³-hybridized carbons (Fsp3) is 0.429. The van der Waals surface area contributed by atoms with E-state index in [0.717, 1.165) is 31.4 Å². The third-order valence-electron chi connectivity index (χ3n) is 7.06. The second-order valence-corrected chi connectivity index (χ2v) is 10.8. The highest BCUT2D eigenvalue weighted by Gasteiger charge is 2.16. The van der Waals surface area contributed by atoms with E-state index in [0.29, 0.717) is 39.1 Å². The van der Waals surface area contributed by atoms with Crippen LogP contribution in [-0.2, 0) is 0 Å². The lowest BCUT2D eigenvalue weighted by Crippen LogP contribution is -2.50. The van der Waals surface area contributed by atoms with E-state index in [1.165, 1.54) is 38.5 Å². The number of hydrogen-bond donors (Lipinski definition) is 7. The normalized spacial score (nSPS) is 15.9. The molecule has 0 aliphatic heterocycles. The standard InChI is InChI=1S/C28H37N7O2S2/c36-25(32-34-27(38)30-20-9-3-1-4-10-20)19-15-17-22(18-16-19)29-24-14-8-7-13-23(24)26(37)33-35-28(39)31-21-11-5-2-6-12-21/h7-8,13-18,20-21,29H,1-6,9-12H2,(H,32,36)(H,33,37)(H2,30,34,38)(H2,31,35,39). The number of hydrogen-bond acceptors (Lipinski definition) is 5. The molecule has 0 bridgehead atoms. The Morgan fingerprint density at radius 1 is 0.615 bits per heavy atom. The summed E-state index contributed by atoms with van der Waals surface area (Å²) in [6.07, 6.45) is 11.7. The molecule has 0 saturated heterocycles. The summed E-state index contributed by atoms with van der Waals surface area (Å²) in [6, 6.07) is 14.9. The lowest BCUT2D eigenvalue weighted by atomic mass is 9.96. The minimum Gasteiger partial charge on any atom is -0.359 e. The Kier molecular flexibility index (Phi) is 10.7. The average molecular weight is 568 g/mol. The van der Waals surface area contributed by atoms with Crippen molar-refractivity contribution in [1.29, 1.82) is 0 Å². The topological polar surface area (TPSA) is 118 Å². The number of benzene rings is 2. The Hall–Kier alpha value is -3.44. The highest BCUT2D eigenvalue weighted by Crippen LogP contribution is 2.22. The zero-order valence-corrected chi connectivity index (χ0v) is 23.6. The van der Waals surface area contributed by atoms with Crippen molar-refractivity contribution < 1.29 is 9.59 Å². The third kappa shape index (κ3) is 9.07. The number of hydrazine groups is 2. The van der Waals surface area contributed by atoms with E-state index < -0.39 is 0 Å². The molecule has 2 aromatic rings. The van der Waals surface area contributed by atoms with E-state index in [1.807, 2.05) is 12.1 Å². The maximum atomic E-state index is 12.9. The number of para-hydroxylation sites is 1. The van der Waals surface area contributed by atoms with E-state index in [9.17, 15) is 9.59 Å². The van der Waals surface area contributed by atoms with Crippen molar-refractivity contribution in [2.75, 3.05) is 5.32 Å². The first-order chi connectivity index (χ1) is 19.0. The van der Waals surface area contributed by atoms with Gasteiger partial charge in [0.25, 0.3) is 11.8 Å². The Morgan fingerprint density at radius 2 is 1.13 bits per heavy atom.